The number of hydrogen-bond donors (Lipinski definition) is 1. The van der Waals surface area contributed by atoms with Crippen molar-refractivity contribution in [3.8, 4) is 0 Å². The zero-order valence-corrected chi connectivity index (χ0v) is 9.94. The number of carboxylic acid groups (broad SMARTS) is 1. The number of aromatic nitrogens is 1. The first-order valence-electron chi connectivity index (χ1n) is 5.27. The molecule has 2 aromatic rings. The molecule has 0 atom stereocenters. The van der Waals surface area contributed by atoms with Crippen molar-refractivity contribution in [2.75, 3.05) is 0 Å². The number of rotatable bonds is 2. The number of aromatic carboxylic acids is 1. The van der Waals surface area contributed by atoms with Gasteiger partial charge in [-0.1, -0.05) is 6.07 Å². The minimum absolute atomic E-state index is 0.109. The van der Waals surface area contributed by atoms with Crippen LogP contribution < -0.4 is 0 Å². The summed E-state index contributed by atoms with van der Waals surface area (Å²) in [4.78, 5) is 22.9. The standard InChI is InChI=1S/C13H13NO3/c1-7-11(8(2)15)12-9(13(16)17)5-4-6-10(12)14(7)3/h4-6H,1-3H3,(H,16,17). The molecule has 0 spiro atoms. The minimum atomic E-state index is -1.01. The van der Waals surface area contributed by atoms with Crippen LogP contribution in [0.3, 0.4) is 0 Å². The van der Waals surface area contributed by atoms with E-state index in [1.54, 1.807) is 6.07 Å². The van der Waals surface area contributed by atoms with Gasteiger partial charge in [0.15, 0.2) is 5.78 Å². The SMILES string of the molecule is CC(=O)c1c(C)n(C)c2cccc(C(=O)O)c12. The molecule has 0 aliphatic rings. The summed E-state index contributed by atoms with van der Waals surface area (Å²) >= 11 is 0. The Morgan fingerprint density at radius 1 is 1.29 bits per heavy atom. The van der Waals surface area contributed by atoms with Gasteiger partial charge in [0.2, 0.25) is 0 Å². The molecule has 0 bridgehead atoms. The maximum atomic E-state index is 11.7. The second-order valence-electron chi connectivity index (χ2n) is 4.08. The molecule has 0 aliphatic carbocycles. The van der Waals surface area contributed by atoms with Gasteiger partial charge >= 0.3 is 5.97 Å². The van der Waals surface area contributed by atoms with Crippen molar-refractivity contribution in [1.29, 1.82) is 0 Å². The summed E-state index contributed by atoms with van der Waals surface area (Å²) in [5.41, 5.74) is 2.24. The molecule has 2 rings (SSSR count). The van der Waals surface area contributed by atoms with Gasteiger partial charge in [0.05, 0.1) is 5.56 Å². The van der Waals surface area contributed by atoms with E-state index in [9.17, 15) is 9.59 Å². The van der Waals surface area contributed by atoms with E-state index in [1.807, 2.05) is 24.6 Å². The summed E-state index contributed by atoms with van der Waals surface area (Å²) in [7, 11) is 1.83. The number of fused-ring (bicyclic) bond motifs is 1. The van der Waals surface area contributed by atoms with Crippen LogP contribution in [0.2, 0.25) is 0 Å². The Labute approximate surface area is 98.5 Å². The summed E-state index contributed by atoms with van der Waals surface area (Å²) in [6.45, 7) is 3.28. The maximum Gasteiger partial charge on any atom is 0.336 e. The summed E-state index contributed by atoms with van der Waals surface area (Å²) < 4.78 is 1.85. The Kier molecular flexibility index (Phi) is 2.50. The highest BCUT2D eigenvalue weighted by atomic mass is 16.4. The predicted molar refractivity (Wildman–Crippen MR) is 64.6 cm³/mol. The fourth-order valence-corrected chi connectivity index (χ4v) is 2.22. The van der Waals surface area contributed by atoms with Gasteiger partial charge in [-0.05, 0) is 26.0 Å². The van der Waals surface area contributed by atoms with E-state index in [-0.39, 0.29) is 11.3 Å². The van der Waals surface area contributed by atoms with E-state index in [4.69, 9.17) is 5.11 Å². The fourth-order valence-electron chi connectivity index (χ4n) is 2.22. The van der Waals surface area contributed by atoms with Crippen LogP contribution in [0.1, 0.15) is 33.3 Å². The number of aryl methyl sites for hydroxylation is 1. The maximum absolute atomic E-state index is 11.7. The number of carboxylic acids is 1. The lowest BCUT2D eigenvalue weighted by Crippen LogP contribution is -2.00. The van der Waals surface area contributed by atoms with E-state index in [1.165, 1.54) is 13.0 Å². The molecule has 0 saturated heterocycles. The summed E-state index contributed by atoms with van der Waals surface area (Å²) in [5, 5.41) is 9.70. The second-order valence-corrected chi connectivity index (χ2v) is 4.08. The van der Waals surface area contributed by atoms with Gasteiger partial charge in [-0.3, -0.25) is 4.79 Å². The zero-order valence-electron chi connectivity index (χ0n) is 9.94. The third-order valence-corrected chi connectivity index (χ3v) is 3.10. The number of hydrogen-bond acceptors (Lipinski definition) is 2. The smallest absolute Gasteiger partial charge is 0.336 e. The van der Waals surface area contributed by atoms with Crippen LogP contribution in [0.4, 0.5) is 0 Å². The number of benzene rings is 1. The Bertz CT molecular complexity index is 638. The molecule has 88 valence electrons. The molecule has 1 aromatic heterocycles. The Hall–Kier alpha value is -2.10. The van der Waals surface area contributed by atoms with Crippen molar-refractivity contribution in [2.45, 2.75) is 13.8 Å². The van der Waals surface area contributed by atoms with Gasteiger partial charge in [0.25, 0.3) is 0 Å². The molecule has 0 radical (unpaired) electrons. The first-order valence-corrected chi connectivity index (χ1v) is 5.27. The summed E-state index contributed by atoms with van der Waals surface area (Å²) in [5.74, 6) is -1.12. The van der Waals surface area contributed by atoms with Crippen molar-refractivity contribution in [3.05, 3.63) is 35.0 Å². The minimum Gasteiger partial charge on any atom is -0.478 e. The highest BCUT2D eigenvalue weighted by Crippen LogP contribution is 2.28. The normalized spacial score (nSPS) is 10.8. The summed E-state index contributed by atoms with van der Waals surface area (Å²) in [6, 6.07) is 5.03. The van der Waals surface area contributed by atoms with Gasteiger partial charge in [-0.25, -0.2) is 4.79 Å². The highest BCUT2D eigenvalue weighted by Gasteiger charge is 2.20. The van der Waals surface area contributed by atoms with E-state index < -0.39 is 5.97 Å². The molecule has 4 heteroatoms. The van der Waals surface area contributed by atoms with Crippen LogP contribution in [0.15, 0.2) is 18.2 Å². The Morgan fingerprint density at radius 2 is 1.94 bits per heavy atom. The average molecular weight is 231 g/mol. The first kappa shape index (κ1) is 11.4. The molecule has 1 N–H and O–H groups in total. The number of nitrogens with zero attached hydrogens (tertiary/aromatic N) is 1. The molecular weight excluding hydrogens is 218 g/mol. The Morgan fingerprint density at radius 3 is 2.47 bits per heavy atom. The van der Waals surface area contributed by atoms with Gasteiger partial charge in [0.1, 0.15) is 0 Å². The lowest BCUT2D eigenvalue weighted by molar-refractivity contribution is 0.0699. The van der Waals surface area contributed by atoms with Crippen LogP contribution in [0, 0.1) is 6.92 Å². The number of carbonyl (C=O) groups is 2. The van der Waals surface area contributed by atoms with E-state index in [2.05, 4.69) is 0 Å². The molecule has 17 heavy (non-hydrogen) atoms. The molecule has 1 heterocycles. The number of Topliss-reactive ketones (excluding diaryl/α,β-unsaturated/α-hetero) is 1. The molecule has 0 aliphatic heterocycles. The molecule has 0 amide bonds. The van der Waals surface area contributed by atoms with Crippen molar-refractivity contribution < 1.29 is 14.7 Å². The average Bonchev–Trinajstić information content (AvgIpc) is 2.51. The zero-order chi connectivity index (χ0) is 12.7. The molecule has 0 fully saturated rings. The van der Waals surface area contributed by atoms with Gasteiger partial charge < -0.3 is 9.67 Å². The van der Waals surface area contributed by atoms with Gasteiger partial charge in [-0.15, -0.1) is 0 Å². The van der Waals surface area contributed by atoms with Crippen molar-refractivity contribution in [1.82, 2.24) is 4.57 Å². The first-order chi connectivity index (χ1) is 7.95. The fraction of sp³-hybridized carbons (Fsp3) is 0.231. The van der Waals surface area contributed by atoms with E-state index in [0.29, 0.717) is 10.9 Å². The third kappa shape index (κ3) is 1.53. The topological polar surface area (TPSA) is 59.3 Å². The third-order valence-electron chi connectivity index (χ3n) is 3.10. The molecule has 0 saturated carbocycles. The van der Waals surface area contributed by atoms with Gasteiger partial charge in [-0.2, -0.15) is 0 Å². The lowest BCUT2D eigenvalue weighted by Gasteiger charge is -2.00. The second kappa shape index (κ2) is 3.73. The van der Waals surface area contributed by atoms with Gasteiger partial charge in [0, 0.05) is 29.2 Å². The van der Waals surface area contributed by atoms with Crippen molar-refractivity contribution in [2.24, 2.45) is 7.05 Å². The monoisotopic (exact) mass is 231 g/mol. The number of ketones is 1. The van der Waals surface area contributed by atoms with Crippen LogP contribution in [-0.4, -0.2) is 21.4 Å². The van der Waals surface area contributed by atoms with E-state index in [0.717, 1.165) is 11.2 Å². The summed E-state index contributed by atoms with van der Waals surface area (Å²) in [6.07, 6.45) is 0. The van der Waals surface area contributed by atoms with Crippen LogP contribution in [0.25, 0.3) is 10.9 Å². The molecular formula is C13H13NO3. The number of carbonyl (C=O) groups excluding carboxylic acids is 1. The highest BCUT2D eigenvalue weighted by molar-refractivity contribution is 6.15. The van der Waals surface area contributed by atoms with Crippen LogP contribution in [0.5, 0.6) is 0 Å². The largest absolute Gasteiger partial charge is 0.478 e. The van der Waals surface area contributed by atoms with Crippen LogP contribution >= 0.6 is 0 Å². The Balaban J connectivity index is 3.02. The van der Waals surface area contributed by atoms with Crippen LogP contribution in [-0.2, 0) is 7.05 Å². The lowest BCUT2D eigenvalue weighted by atomic mass is 10.0. The van der Waals surface area contributed by atoms with Crippen molar-refractivity contribution >= 4 is 22.7 Å². The quantitative estimate of drug-likeness (QED) is 0.807. The van der Waals surface area contributed by atoms with Crippen molar-refractivity contribution in [3.63, 3.8) is 0 Å². The van der Waals surface area contributed by atoms with E-state index >= 15 is 0 Å². The predicted octanol–water partition coefficient (Wildman–Crippen LogP) is 2.39. The molecule has 0 unspecified atom stereocenters. The molecule has 1 aromatic carbocycles. The molecule has 4 nitrogen and oxygen atoms in total.